The highest BCUT2D eigenvalue weighted by atomic mass is 19.4. The van der Waals surface area contributed by atoms with Crippen LogP contribution in [0.1, 0.15) is 5.56 Å². The summed E-state index contributed by atoms with van der Waals surface area (Å²) in [5.74, 6) is -1.06. The Hall–Kier alpha value is -2.25. The van der Waals surface area contributed by atoms with Gasteiger partial charge in [0.1, 0.15) is 5.75 Å². The van der Waals surface area contributed by atoms with Gasteiger partial charge in [0.2, 0.25) is 5.91 Å². The molecule has 1 aromatic rings. The molecule has 0 radical (unpaired) electrons. The number of nitrogens with two attached hydrogens (primary N) is 1. The number of carbonyl (C=O) groups is 2. The van der Waals surface area contributed by atoms with Gasteiger partial charge in [-0.2, -0.15) is 13.2 Å². The smallest absolute Gasteiger partial charge is 0.416 e. The molecule has 1 rings (SSSR count). The molecular formula is C12H13F3N2O3. The third-order valence-electron chi connectivity index (χ3n) is 2.36. The molecule has 0 saturated heterocycles. The van der Waals surface area contributed by atoms with Crippen LogP contribution in [0, 0.1) is 0 Å². The highest BCUT2D eigenvalue weighted by molar-refractivity contribution is 5.84. The highest BCUT2D eigenvalue weighted by Gasteiger charge is 2.30. The lowest BCUT2D eigenvalue weighted by Gasteiger charge is -2.15. The fraction of sp³-hybridized carbons (Fsp3) is 0.333. The zero-order valence-electron chi connectivity index (χ0n) is 10.6. The molecule has 110 valence electrons. The summed E-state index contributed by atoms with van der Waals surface area (Å²) < 4.78 is 42.0. The fourth-order valence-corrected chi connectivity index (χ4v) is 1.32. The number of carbonyl (C=O) groups excluding carboxylic acids is 2. The summed E-state index contributed by atoms with van der Waals surface area (Å²) in [5.41, 5.74) is 4.11. The zero-order chi connectivity index (χ0) is 15.3. The summed E-state index contributed by atoms with van der Waals surface area (Å²) in [6.45, 7) is -0.648. The summed E-state index contributed by atoms with van der Waals surface area (Å²) in [4.78, 5) is 23.2. The molecule has 2 N–H and O–H groups in total. The topological polar surface area (TPSA) is 72.6 Å². The van der Waals surface area contributed by atoms with Crippen LogP contribution < -0.4 is 10.5 Å². The molecule has 2 amide bonds. The maximum absolute atomic E-state index is 12.3. The number of halogens is 3. The quantitative estimate of drug-likeness (QED) is 0.880. The van der Waals surface area contributed by atoms with Gasteiger partial charge in [-0.05, 0) is 24.3 Å². The molecule has 5 nitrogen and oxygen atoms in total. The molecule has 20 heavy (non-hydrogen) atoms. The van der Waals surface area contributed by atoms with E-state index in [0.717, 1.165) is 29.2 Å². The van der Waals surface area contributed by atoms with Crippen molar-refractivity contribution in [1.29, 1.82) is 0 Å². The maximum Gasteiger partial charge on any atom is 0.416 e. The van der Waals surface area contributed by atoms with E-state index in [9.17, 15) is 22.8 Å². The Morgan fingerprint density at radius 3 is 2.25 bits per heavy atom. The van der Waals surface area contributed by atoms with Crippen LogP contribution in [0.3, 0.4) is 0 Å². The van der Waals surface area contributed by atoms with Crippen LogP contribution in [0.15, 0.2) is 24.3 Å². The van der Waals surface area contributed by atoms with Crippen molar-refractivity contribution in [3.63, 3.8) is 0 Å². The van der Waals surface area contributed by atoms with E-state index < -0.39 is 30.2 Å². The predicted molar refractivity (Wildman–Crippen MR) is 63.8 cm³/mol. The molecule has 0 atom stereocenters. The normalized spacial score (nSPS) is 11.0. The molecule has 0 fully saturated rings. The first-order valence-corrected chi connectivity index (χ1v) is 5.52. The van der Waals surface area contributed by atoms with Gasteiger partial charge in [-0.15, -0.1) is 0 Å². The lowest BCUT2D eigenvalue weighted by atomic mass is 10.2. The number of hydrogen-bond donors (Lipinski definition) is 1. The number of nitrogens with zero attached hydrogens (tertiary/aromatic N) is 1. The maximum atomic E-state index is 12.3. The van der Waals surface area contributed by atoms with E-state index in [0.29, 0.717) is 0 Å². The number of amides is 2. The van der Waals surface area contributed by atoms with E-state index >= 15 is 0 Å². The molecule has 0 unspecified atom stereocenters. The van der Waals surface area contributed by atoms with Crippen molar-refractivity contribution in [1.82, 2.24) is 4.90 Å². The van der Waals surface area contributed by atoms with Gasteiger partial charge < -0.3 is 15.4 Å². The average molecular weight is 290 g/mol. The van der Waals surface area contributed by atoms with E-state index in [1.807, 2.05) is 0 Å². The molecule has 0 aliphatic rings. The molecule has 0 bridgehead atoms. The lowest BCUT2D eigenvalue weighted by molar-refractivity contribution is -0.137. The highest BCUT2D eigenvalue weighted by Crippen LogP contribution is 2.30. The average Bonchev–Trinajstić information content (AvgIpc) is 2.34. The number of ether oxygens (including phenoxy) is 1. The van der Waals surface area contributed by atoms with Crippen LogP contribution in [-0.4, -0.2) is 36.9 Å². The van der Waals surface area contributed by atoms with Gasteiger partial charge in [0, 0.05) is 7.05 Å². The second kappa shape index (κ2) is 6.27. The van der Waals surface area contributed by atoms with Crippen LogP contribution in [0.2, 0.25) is 0 Å². The molecule has 1 aromatic carbocycles. The van der Waals surface area contributed by atoms with Crippen LogP contribution in [0.25, 0.3) is 0 Å². The second-order valence-electron chi connectivity index (χ2n) is 4.03. The fourth-order valence-electron chi connectivity index (χ4n) is 1.32. The number of likely N-dealkylation sites (N-methyl/N-ethyl adjacent to an activating group) is 1. The SMILES string of the molecule is CN(CC(N)=O)C(=O)COc1ccc(C(F)(F)F)cc1. The van der Waals surface area contributed by atoms with E-state index in [1.165, 1.54) is 7.05 Å². The number of primary amides is 1. The van der Waals surface area contributed by atoms with Crippen molar-refractivity contribution in [2.75, 3.05) is 20.2 Å². The van der Waals surface area contributed by atoms with Crippen LogP contribution in [0.4, 0.5) is 13.2 Å². The van der Waals surface area contributed by atoms with Crippen LogP contribution in [-0.2, 0) is 15.8 Å². The summed E-state index contributed by atoms with van der Waals surface area (Å²) in [5, 5.41) is 0. The largest absolute Gasteiger partial charge is 0.484 e. The first-order valence-electron chi connectivity index (χ1n) is 5.52. The minimum Gasteiger partial charge on any atom is -0.484 e. The predicted octanol–water partition coefficient (Wildman–Crippen LogP) is 1.03. The minimum atomic E-state index is -4.42. The van der Waals surface area contributed by atoms with Gasteiger partial charge >= 0.3 is 6.18 Å². The third kappa shape index (κ3) is 4.79. The molecule has 0 saturated carbocycles. The molecule has 8 heteroatoms. The molecule has 0 aromatic heterocycles. The summed E-state index contributed by atoms with van der Waals surface area (Å²) in [6.07, 6.45) is -4.42. The zero-order valence-corrected chi connectivity index (χ0v) is 10.6. The van der Waals surface area contributed by atoms with Crippen molar-refractivity contribution >= 4 is 11.8 Å². The molecular weight excluding hydrogens is 277 g/mol. The summed E-state index contributed by atoms with van der Waals surface area (Å²) in [6, 6.07) is 3.94. The van der Waals surface area contributed by atoms with E-state index in [2.05, 4.69) is 0 Å². The monoisotopic (exact) mass is 290 g/mol. The molecule has 0 spiro atoms. The second-order valence-corrected chi connectivity index (χ2v) is 4.03. The number of hydrogen-bond acceptors (Lipinski definition) is 3. The van der Waals surface area contributed by atoms with Crippen molar-refractivity contribution in [2.24, 2.45) is 5.73 Å². The van der Waals surface area contributed by atoms with Crippen molar-refractivity contribution in [3.05, 3.63) is 29.8 Å². The van der Waals surface area contributed by atoms with Gasteiger partial charge in [0.05, 0.1) is 12.1 Å². The van der Waals surface area contributed by atoms with E-state index in [-0.39, 0.29) is 12.3 Å². The Morgan fingerprint density at radius 2 is 1.80 bits per heavy atom. The first kappa shape index (κ1) is 15.8. The van der Waals surface area contributed by atoms with Gasteiger partial charge in [0.25, 0.3) is 5.91 Å². The number of benzene rings is 1. The van der Waals surface area contributed by atoms with E-state index in [4.69, 9.17) is 10.5 Å². The summed E-state index contributed by atoms with van der Waals surface area (Å²) in [7, 11) is 1.36. The Kier molecular flexibility index (Phi) is 4.95. The van der Waals surface area contributed by atoms with Crippen LogP contribution >= 0.6 is 0 Å². The standard InChI is InChI=1S/C12H13F3N2O3/c1-17(6-10(16)18)11(19)7-20-9-4-2-8(3-5-9)12(13,14)15/h2-5H,6-7H2,1H3,(H2,16,18). The number of rotatable bonds is 5. The Bertz CT molecular complexity index is 486. The molecule has 0 aliphatic carbocycles. The lowest BCUT2D eigenvalue weighted by Crippen LogP contribution is -2.38. The van der Waals surface area contributed by atoms with Crippen molar-refractivity contribution in [3.8, 4) is 5.75 Å². The van der Waals surface area contributed by atoms with E-state index in [1.54, 1.807) is 0 Å². The van der Waals surface area contributed by atoms with Gasteiger partial charge in [-0.25, -0.2) is 0 Å². The van der Waals surface area contributed by atoms with Gasteiger partial charge in [-0.3, -0.25) is 9.59 Å². The van der Waals surface area contributed by atoms with Gasteiger partial charge in [0.15, 0.2) is 6.61 Å². The van der Waals surface area contributed by atoms with Crippen molar-refractivity contribution < 1.29 is 27.5 Å². The van der Waals surface area contributed by atoms with Crippen molar-refractivity contribution in [2.45, 2.75) is 6.18 Å². The Morgan fingerprint density at radius 1 is 1.25 bits per heavy atom. The molecule has 0 aliphatic heterocycles. The summed E-state index contributed by atoms with van der Waals surface area (Å²) >= 11 is 0. The molecule has 0 heterocycles. The Labute approximate surface area is 113 Å². The van der Waals surface area contributed by atoms with Gasteiger partial charge in [-0.1, -0.05) is 0 Å². The van der Waals surface area contributed by atoms with Crippen LogP contribution in [0.5, 0.6) is 5.75 Å². The number of alkyl halides is 3. The Balaban J connectivity index is 2.54. The third-order valence-corrected chi connectivity index (χ3v) is 2.36. The minimum absolute atomic E-state index is 0.124. The first-order chi connectivity index (χ1) is 9.20.